The van der Waals surface area contributed by atoms with Crippen molar-refractivity contribution < 1.29 is 4.42 Å². The number of anilines is 6. The highest BCUT2D eigenvalue weighted by Crippen LogP contribution is 2.53. The molecule has 0 fully saturated rings. The van der Waals surface area contributed by atoms with Gasteiger partial charge in [0.15, 0.2) is 0 Å². The van der Waals surface area contributed by atoms with Crippen molar-refractivity contribution in [3.05, 3.63) is 137 Å². The molecule has 0 radical (unpaired) electrons. The summed E-state index contributed by atoms with van der Waals surface area (Å²) in [6.07, 6.45) is 1.12. The summed E-state index contributed by atoms with van der Waals surface area (Å²) in [5, 5.41) is 3.60. The molecular weight excluding hydrogens is 763 g/mol. The highest BCUT2D eigenvalue weighted by atomic mass is 16.3. The van der Waals surface area contributed by atoms with Gasteiger partial charge in [0, 0.05) is 33.8 Å². The topological polar surface area (TPSA) is 19.6 Å². The van der Waals surface area contributed by atoms with Crippen LogP contribution in [0.25, 0.3) is 21.7 Å². The molecule has 0 saturated heterocycles. The van der Waals surface area contributed by atoms with Gasteiger partial charge in [-0.1, -0.05) is 159 Å². The van der Waals surface area contributed by atoms with Crippen LogP contribution in [0.2, 0.25) is 0 Å². The Bertz CT molecular complexity index is 3020. The molecule has 0 saturated carbocycles. The summed E-state index contributed by atoms with van der Waals surface area (Å²) >= 11 is 0. The van der Waals surface area contributed by atoms with Crippen LogP contribution >= 0.6 is 0 Å². The van der Waals surface area contributed by atoms with Crippen LogP contribution in [0.1, 0.15) is 151 Å². The molecule has 2 aliphatic heterocycles. The third-order valence-corrected chi connectivity index (χ3v) is 14.8. The average Bonchev–Trinajstić information content (AvgIpc) is 3.63. The number of benzene rings is 6. The first-order valence-electron chi connectivity index (χ1n) is 23.4. The Morgan fingerprint density at radius 3 is 1.67 bits per heavy atom. The number of hydrogen-bond acceptors (Lipinski definition) is 3. The predicted molar refractivity (Wildman–Crippen MR) is 273 cm³/mol. The van der Waals surface area contributed by atoms with Gasteiger partial charge in [0.25, 0.3) is 6.71 Å². The molecule has 63 heavy (non-hydrogen) atoms. The van der Waals surface area contributed by atoms with E-state index in [9.17, 15) is 0 Å². The van der Waals surface area contributed by atoms with Crippen LogP contribution in [-0.4, -0.2) is 6.71 Å². The van der Waals surface area contributed by atoms with Gasteiger partial charge < -0.3 is 14.2 Å². The molecule has 0 N–H and O–H groups in total. The van der Waals surface area contributed by atoms with E-state index in [4.69, 9.17) is 4.42 Å². The number of hydrogen-bond donors (Lipinski definition) is 0. The zero-order valence-electron chi connectivity index (χ0n) is 40.9. The second kappa shape index (κ2) is 13.2. The van der Waals surface area contributed by atoms with Crippen molar-refractivity contribution in [2.75, 3.05) is 9.80 Å². The Hall–Kier alpha value is -5.22. The Balaban J connectivity index is 1.35. The highest BCUT2D eigenvalue weighted by molar-refractivity contribution is 7.00. The molecule has 0 amide bonds. The van der Waals surface area contributed by atoms with Gasteiger partial charge in [0.2, 0.25) is 0 Å². The fraction of sp³-hybridized carbons (Fsp3) is 0.390. The molecule has 10 rings (SSSR count). The molecule has 7 aromatic rings. The highest BCUT2D eigenvalue weighted by Gasteiger charge is 2.49. The van der Waals surface area contributed by atoms with E-state index >= 15 is 0 Å². The van der Waals surface area contributed by atoms with Gasteiger partial charge in [-0.15, -0.1) is 0 Å². The lowest BCUT2D eigenvalue weighted by Gasteiger charge is -2.44. The average molecular weight is 831 g/mol. The quantitative estimate of drug-likeness (QED) is 0.162. The van der Waals surface area contributed by atoms with Gasteiger partial charge in [-0.05, 0) is 149 Å². The fourth-order valence-electron chi connectivity index (χ4n) is 11.4. The smallest absolute Gasteiger partial charge is 0.297 e. The van der Waals surface area contributed by atoms with Gasteiger partial charge in [-0.25, -0.2) is 0 Å². The van der Waals surface area contributed by atoms with E-state index < -0.39 is 0 Å². The van der Waals surface area contributed by atoms with E-state index in [0.717, 1.165) is 28.7 Å². The minimum atomic E-state index is -0.122. The zero-order chi connectivity index (χ0) is 45.1. The van der Waals surface area contributed by atoms with Gasteiger partial charge in [0.1, 0.15) is 5.58 Å². The molecule has 4 heteroatoms. The van der Waals surface area contributed by atoms with Crippen molar-refractivity contribution in [3.63, 3.8) is 0 Å². The maximum absolute atomic E-state index is 7.48. The summed E-state index contributed by atoms with van der Waals surface area (Å²) in [4.78, 5) is 5.16. The molecule has 322 valence electrons. The second-order valence-corrected chi connectivity index (χ2v) is 24.8. The molecule has 3 aliphatic rings. The summed E-state index contributed by atoms with van der Waals surface area (Å²) in [6.45, 7) is 37.5. The predicted octanol–water partition coefficient (Wildman–Crippen LogP) is 14.8. The molecule has 1 aromatic heterocycles. The molecule has 3 nitrogen and oxygen atoms in total. The monoisotopic (exact) mass is 831 g/mol. The molecule has 0 atom stereocenters. The molecule has 1 aliphatic carbocycles. The summed E-state index contributed by atoms with van der Waals surface area (Å²) in [5.41, 5.74) is 20.0. The van der Waals surface area contributed by atoms with Crippen LogP contribution in [0.15, 0.2) is 108 Å². The SMILES string of the molecule is CC(C)(C)c1ccc(N2c3ccc(C(C)(C)C)cc3B3c4oc5cc6ccc(C(C)(C)C)cc6cc5c4N(c4ccc5c(c4)C(C)(C)CC5(C)C)c4cc(C(C)(C)C)cc2c43)cc1. The lowest BCUT2D eigenvalue weighted by Crippen LogP contribution is -2.61. The third kappa shape index (κ3) is 6.51. The minimum absolute atomic E-state index is 0.0320. The maximum atomic E-state index is 7.48. The Labute approximate surface area is 378 Å². The van der Waals surface area contributed by atoms with Gasteiger partial charge in [0.05, 0.1) is 11.3 Å². The standard InChI is InChI=1S/C59H67BN2O/c1-54(2,3)37-19-22-41(23-20-37)61-47-26-21-39(56(7,8)9)30-46(47)60-51-48(61)31-40(57(10,11)12)32-49(51)62(42-24-25-44-45(33-42)59(15,16)34-58(44,13)14)52-43-28-36-27-38(55(4,5)6)18-17-35(36)29-50(43)63-53(52)60/h17-33H,34H2,1-16H3. The summed E-state index contributed by atoms with van der Waals surface area (Å²) < 4.78 is 7.48. The van der Waals surface area contributed by atoms with E-state index in [1.165, 1.54) is 83.5 Å². The van der Waals surface area contributed by atoms with Crippen LogP contribution in [0.5, 0.6) is 0 Å². The van der Waals surface area contributed by atoms with E-state index in [2.05, 4.69) is 224 Å². The van der Waals surface area contributed by atoms with Crippen molar-refractivity contribution >= 4 is 79.2 Å². The largest absolute Gasteiger partial charge is 0.468 e. The van der Waals surface area contributed by atoms with Gasteiger partial charge in [-0.3, -0.25) is 0 Å². The van der Waals surface area contributed by atoms with E-state index in [-0.39, 0.29) is 39.2 Å². The Morgan fingerprint density at radius 2 is 1.03 bits per heavy atom. The van der Waals surface area contributed by atoms with Crippen molar-refractivity contribution in [2.24, 2.45) is 0 Å². The molecule has 0 bridgehead atoms. The first-order valence-corrected chi connectivity index (χ1v) is 23.4. The molecular formula is C59H67BN2O. The van der Waals surface area contributed by atoms with Crippen molar-refractivity contribution in [1.82, 2.24) is 0 Å². The molecule has 3 heterocycles. The molecule has 6 aromatic carbocycles. The van der Waals surface area contributed by atoms with Crippen LogP contribution in [0, 0.1) is 0 Å². The van der Waals surface area contributed by atoms with E-state index in [1.807, 2.05) is 0 Å². The van der Waals surface area contributed by atoms with Crippen LogP contribution in [-0.2, 0) is 32.5 Å². The van der Waals surface area contributed by atoms with Gasteiger partial charge >= 0.3 is 0 Å². The third-order valence-electron chi connectivity index (χ3n) is 14.8. The molecule has 0 unspecified atom stereocenters. The minimum Gasteiger partial charge on any atom is -0.468 e. The number of nitrogens with zero attached hydrogens (tertiary/aromatic N) is 2. The van der Waals surface area contributed by atoms with Gasteiger partial charge in [-0.2, -0.15) is 0 Å². The van der Waals surface area contributed by atoms with Crippen molar-refractivity contribution in [1.29, 1.82) is 0 Å². The lowest BCUT2D eigenvalue weighted by atomic mass is 9.35. The number of fused-ring (bicyclic) bond motifs is 8. The van der Waals surface area contributed by atoms with E-state index in [1.54, 1.807) is 0 Å². The fourth-order valence-corrected chi connectivity index (χ4v) is 11.4. The summed E-state index contributed by atoms with van der Waals surface area (Å²) in [5.74, 6) is 0. The summed E-state index contributed by atoms with van der Waals surface area (Å²) in [6, 6.07) is 40.7. The Morgan fingerprint density at radius 1 is 0.476 bits per heavy atom. The normalized spacial score (nSPS) is 16.7. The number of furan rings is 1. The number of rotatable bonds is 2. The molecule has 0 spiro atoms. The second-order valence-electron chi connectivity index (χ2n) is 24.8. The Kier molecular flexibility index (Phi) is 8.74. The lowest BCUT2D eigenvalue weighted by molar-refractivity contribution is 0.403. The van der Waals surface area contributed by atoms with Crippen LogP contribution < -0.4 is 26.4 Å². The maximum Gasteiger partial charge on any atom is 0.297 e. The van der Waals surface area contributed by atoms with E-state index in [0.29, 0.717) is 0 Å². The van der Waals surface area contributed by atoms with Crippen LogP contribution in [0.4, 0.5) is 34.1 Å². The first kappa shape index (κ1) is 41.8. The van der Waals surface area contributed by atoms with Crippen molar-refractivity contribution in [3.8, 4) is 0 Å². The summed E-state index contributed by atoms with van der Waals surface area (Å²) in [7, 11) is 0. The zero-order valence-corrected chi connectivity index (χ0v) is 40.9. The van der Waals surface area contributed by atoms with Crippen LogP contribution in [0.3, 0.4) is 0 Å². The van der Waals surface area contributed by atoms with Crippen molar-refractivity contribution in [2.45, 2.75) is 150 Å². The first-order chi connectivity index (χ1) is 29.2.